The Kier molecular flexibility index (Phi) is 2.90. The van der Waals surface area contributed by atoms with E-state index in [1.807, 2.05) is 24.3 Å². The van der Waals surface area contributed by atoms with Gasteiger partial charge in [-0.25, -0.2) is 4.79 Å². The van der Waals surface area contributed by atoms with Crippen molar-refractivity contribution in [3.8, 4) is 0 Å². The van der Waals surface area contributed by atoms with Crippen LogP contribution in [0.2, 0.25) is 0 Å². The number of hydrogen-bond donors (Lipinski definition) is 2. The lowest BCUT2D eigenvalue weighted by molar-refractivity contribution is 0.344. The molecule has 0 spiro atoms. The van der Waals surface area contributed by atoms with Gasteiger partial charge >= 0.3 is 5.69 Å². The zero-order chi connectivity index (χ0) is 15.2. The molecule has 0 atom stereocenters. The van der Waals surface area contributed by atoms with E-state index in [9.17, 15) is 4.79 Å². The number of hydrogen-bond acceptors (Lipinski definition) is 5. The van der Waals surface area contributed by atoms with Crippen LogP contribution < -0.4 is 11.4 Å². The number of nitrogens with zero attached hydrogens (tertiary/aromatic N) is 3. The normalized spacial score (nSPS) is 17.3. The van der Waals surface area contributed by atoms with Crippen molar-refractivity contribution in [2.75, 3.05) is 0 Å². The number of benzene rings is 1. The van der Waals surface area contributed by atoms with Crippen LogP contribution in [0.4, 0.5) is 0 Å². The Bertz CT molecular complexity index is 869. The van der Waals surface area contributed by atoms with Gasteiger partial charge in [-0.1, -0.05) is 30.1 Å². The molecule has 0 saturated heterocycles. The van der Waals surface area contributed by atoms with E-state index in [1.165, 1.54) is 0 Å². The second-order valence-electron chi connectivity index (χ2n) is 5.91. The van der Waals surface area contributed by atoms with E-state index < -0.39 is 5.54 Å². The van der Waals surface area contributed by atoms with Crippen LogP contribution in [-0.2, 0) is 12.1 Å². The molecule has 0 unspecified atom stereocenters. The van der Waals surface area contributed by atoms with Crippen LogP contribution in [0, 0.1) is 0 Å². The van der Waals surface area contributed by atoms with Gasteiger partial charge in [0.1, 0.15) is 6.54 Å². The zero-order valence-corrected chi connectivity index (χ0v) is 12.1. The van der Waals surface area contributed by atoms with Crippen molar-refractivity contribution in [3.63, 3.8) is 0 Å². The monoisotopic (exact) mass is 299 g/mol. The fourth-order valence-corrected chi connectivity index (χ4v) is 3.15. The molecule has 3 N–H and O–H groups in total. The summed E-state index contributed by atoms with van der Waals surface area (Å²) in [6.07, 6.45) is 3.92. The minimum absolute atomic E-state index is 0.190. The lowest BCUT2D eigenvalue weighted by atomic mass is 9.99. The smallest absolute Gasteiger partial charge is 0.326 e. The summed E-state index contributed by atoms with van der Waals surface area (Å²) in [6, 6.07) is 7.51. The third-order valence-electron chi connectivity index (χ3n) is 4.38. The van der Waals surface area contributed by atoms with Crippen LogP contribution >= 0.6 is 0 Å². The van der Waals surface area contributed by atoms with Gasteiger partial charge in [-0.3, -0.25) is 4.57 Å². The largest absolute Gasteiger partial charge is 0.337 e. The first-order chi connectivity index (χ1) is 10.7. The van der Waals surface area contributed by atoms with E-state index in [1.54, 1.807) is 4.57 Å². The summed E-state index contributed by atoms with van der Waals surface area (Å²) in [5, 5.41) is 4.02. The van der Waals surface area contributed by atoms with Crippen LogP contribution in [0.25, 0.3) is 11.0 Å². The van der Waals surface area contributed by atoms with Crippen molar-refractivity contribution in [1.29, 1.82) is 0 Å². The van der Waals surface area contributed by atoms with E-state index in [-0.39, 0.29) is 12.2 Å². The Morgan fingerprint density at radius 2 is 2.09 bits per heavy atom. The van der Waals surface area contributed by atoms with Crippen molar-refractivity contribution in [2.45, 2.75) is 37.8 Å². The number of H-pyrrole nitrogens is 1. The zero-order valence-electron chi connectivity index (χ0n) is 12.1. The SMILES string of the molecule is NC1(c2noc(Cn3c(=O)[nH]c4ccccc43)n2)CCCC1. The number of para-hydroxylation sites is 2. The molecule has 2 aromatic heterocycles. The highest BCUT2D eigenvalue weighted by atomic mass is 16.5. The molecule has 22 heavy (non-hydrogen) atoms. The average Bonchev–Trinajstić information content (AvgIpc) is 3.21. The van der Waals surface area contributed by atoms with E-state index in [4.69, 9.17) is 10.3 Å². The van der Waals surface area contributed by atoms with Gasteiger partial charge in [0.25, 0.3) is 0 Å². The first-order valence-electron chi connectivity index (χ1n) is 7.45. The van der Waals surface area contributed by atoms with Gasteiger partial charge < -0.3 is 15.2 Å². The van der Waals surface area contributed by atoms with E-state index in [0.29, 0.717) is 11.7 Å². The molecule has 1 fully saturated rings. The minimum atomic E-state index is -0.479. The molecular weight excluding hydrogens is 282 g/mol. The maximum Gasteiger partial charge on any atom is 0.326 e. The number of rotatable bonds is 3. The third-order valence-corrected chi connectivity index (χ3v) is 4.38. The average molecular weight is 299 g/mol. The molecule has 1 aliphatic rings. The molecule has 0 aliphatic heterocycles. The fourth-order valence-electron chi connectivity index (χ4n) is 3.15. The van der Waals surface area contributed by atoms with Gasteiger partial charge in [0, 0.05) is 0 Å². The first-order valence-corrected chi connectivity index (χ1v) is 7.45. The molecule has 2 heterocycles. The third kappa shape index (κ3) is 2.05. The van der Waals surface area contributed by atoms with Crippen molar-refractivity contribution >= 4 is 11.0 Å². The van der Waals surface area contributed by atoms with Crippen molar-refractivity contribution in [1.82, 2.24) is 19.7 Å². The highest BCUT2D eigenvalue weighted by molar-refractivity contribution is 5.74. The molecule has 3 aromatic rings. The highest BCUT2D eigenvalue weighted by Crippen LogP contribution is 2.34. The van der Waals surface area contributed by atoms with Crippen molar-refractivity contribution in [3.05, 3.63) is 46.5 Å². The number of aromatic nitrogens is 4. The number of imidazole rings is 1. The molecular formula is C15H17N5O2. The van der Waals surface area contributed by atoms with Gasteiger partial charge in [-0.05, 0) is 25.0 Å². The molecule has 0 amide bonds. The van der Waals surface area contributed by atoms with Gasteiger partial charge in [0.2, 0.25) is 5.89 Å². The maximum absolute atomic E-state index is 12.1. The predicted octanol–water partition coefficient (Wildman–Crippen LogP) is 1.49. The molecule has 1 aliphatic carbocycles. The van der Waals surface area contributed by atoms with Gasteiger partial charge in [0.05, 0.1) is 16.6 Å². The van der Waals surface area contributed by atoms with E-state index in [2.05, 4.69) is 15.1 Å². The Labute approximate surface area is 126 Å². The summed E-state index contributed by atoms with van der Waals surface area (Å²) in [6.45, 7) is 0.242. The number of nitrogens with two attached hydrogens (primary N) is 1. The van der Waals surface area contributed by atoms with Crippen LogP contribution in [-0.4, -0.2) is 19.7 Å². The topological polar surface area (TPSA) is 103 Å². The second kappa shape index (κ2) is 4.81. The molecule has 1 aromatic carbocycles. The van der Waals surface area contributed by atoms with Gasteiger partial charge in [0.15, 0.2) is 5.82 Å². The number of nitrogens with one attached hydrogen (secondary N) is 1. The van der Waals surface area contributed by atoms with Gasteiger partial charge in [-0.2, -0.15) is 4.98 Å². The molecule has 1 saturated carbocycles. The summed E-state index contributed by atoms with van der Waals surface area (Å²) >= 11 is 0. The van der Waals surface area contributed by atoms with E-state index in [0.717, 1.165) is 36.7 Å². The van der Waals surface area contributed by atoms with Crippen molar-refractivity contribution in [2.24, 2.45) is 5.73 Å². The van der Waals surface area contributed by atoms with E-state index >= 15 is 0 Å². The standard InChI is InChI=1S/C15H17N5O2/c16-15(7-3-4-8-15)13-18-12(22-19-13)9-20-11-6-2-1-5-10(11)17-14(20)21/h1-2,5-6H,3-4,7-9,16H2,(H,17,21). The number of aromatic amines is 1. The molecule has 114 valence electrons. The summed E-state index contributed by atoms with van der Waals surface area (Å²) in [5.41, 5.74) is 7.26. The minimum Gasteiger partial charge on any atom is -0.337 e. The Morgan fingerprint density at radius 3 is 2.91 bits per heavy atom. The molecule has 0 bridgehead atoms. The van der Waals surface area contributed by atoms with Crippen LogP contribution in [0.15, 0.2) is 33.6 Å². The summed E-state index contributed by atoms with van der Waals surface area (Å²) < 4.78 is 6.89. The fraction of sp³-hybridized carbons (Fsp3) is 0.400. The molecule has 7 heteroatoms. The quantitative estimate of drug-likeness (QED) is 0.762. The first kappa shape index (κ1) is 13.3. The second-order valence-corrected chi connectivity index (χ2v) is 5.91. The Morgan fingerprint density at radius 1 is 1.32 bits per heavy atom. The predicted molar refractivity (Wildman–Crippen MR) is 80.3 cm³/mol. The maximum atomic E-state index is 12.1. The van der Waals surface area contributed by atoms with Crippen molar-refractivity contribution < 1.29 is 4.52 Å². The molecule has 0 radical (unpaired) electrons. The van der Waals surface area contributed by atoms with Crippen LogP contribution in [0.1, 0.15) is 37.4 Å². The lowest BCUT2D eigenvalue weighted by Crippen LogP contribution is -2.34. The van der Waals surface area contributed by atoms with Crippen LogP contribution in [0.3, 0.4) is 0 Å². The Hall–Kier alpha value is -2.41. The molecule has 4 rings (SSSR count). The Balaban J connectivity index is 1.67. The number of fused-ring (bicyclic) bond motifs is 1. The summed E-state index contributed by atoms with van der Waals surface area (Å²) in [5.74, 6) is 0.950. The molecule has 7 nitrogen and oxygen atoms in total. The lowest BCUT2D eigenvalue weighted by Gasteiger charge is -2.17. The summed E-state index contributed by atoms with van der Waals surface area (Å²) in [4.78, 5) is 19.3. The summed E-state index contributed by atoms with van der Waals surface area (Å²) in [7, 11) is 0. The highest BCUT2D eigenvalue weighted by Gasteiger charge is 2.36. The van der Waals surface area contributed by atoms with Crippen LogP contribution in [0.5, 0.6) is 0 Å². The van der Waals surface area contributed by atoms with Gasteiger partial charge in [-0.15, -0.1) is 0 Å².